The second-order valence-corrected chi connectivity index (χ2v) is 5.28. The number of nitrogens with one attached hydrogen (secondary N) is 1. The molecule has 0 spiro atoms. The zero-order valence-electron chi connectivity index (χ0n) is 11.8. The molecule has 0 fully saturated rings. The Labute approximate surface area is 123 Å². The van der Waals surface area contributed by atoms with Gasteiger partial charge in [-0.25, -0.2) is 0 Å². The number of furan rings is 1. The highest BCUT2D eigenvalue weighted by atomic mass is 16.5. The Morgan fingerprint density at radius 1 is 1.33 bits per heavy atom. The first-order chi connectivity index (χ1) is 10.1. The molecule has 2 aromatic rings. The summed E-state index contributed by atoms with van der Waals surface area (Å²) in [5.74, 6) is 1.49. The molecule has 1 aromatic carbocycles. The third-order valence-electron chi connectivity index (χ3n) is 3.54. The highest BCUT2D eigenvalue weighted by Gasteiger charge is 2.22. The summed E-state index contributed by atoms with van der Waals surface area (Å²) in [7, 11) is 0. The lowest BCUT2D eigenvalue weighted by molar-refractivity contribution is -0.116. The van der Waals surface area contributed by atoms with Gasteiger partial charge in [-0.15, -0.1) is 0 Å². The van der Waals surface area contributed by atoms with Gasteiger partial charge in [-0.1, -0.05) is 0 Å². The molecule has 0 bridgehead atoms. The highest BCUT2D eigenvalue weighted by Crippen LogP contribution is 2.30. The van der Waals surface area contributed by atoms with Gasteiger partial charge in [-0.2, -0.15) is 0 Å². The first-order valence-corrected chi connectivity index (χ1v) is 7.02. The molecule has 1 aliphatic heterocycles. The van der Waals surface area contributed by atoms with E-state index < -0.39 is 0 Å². The van der Waals surface area contributed by atoms with E-state index in [-0.39, 0.29) is 18.1 Å². The Morgan fingerprint density at radius 2 is 2.19 bits per heavy atom. The quantitative estimate of drug-likeness (QED) is 0.905. The number of nitrogens with two attached hydrogens (primary N) is 1. The number of anilines is 1. The highest BCUT2D eigenvalue weighted by molar-refractivity contribution is 5.93. The topological polar surface area (TPSA) is 77.5 Å². The van der Waals surface area contributed by atoms with Gasteiger partial charge in [-0.05, 0) is 49.2 Å². The lowest BCUT2D eigenvalue weighted by Crippen LogP contribution is -2.28. The molecule has 3 rings (SSSR count). The minimum absolute atomic E-state index is 0.0558. The van der Waals surface area contributed by atoms with Crippen molar-refractivity contribution < 1.29 is 13.9 Å². The van der Waals surface area contributed by atoms with Gasteiger partial charge in [0.2, 0.25) is 5.91 Å². The summed E-state index contributed by atoms with van der Waals surface area (Å²) >= 11 is 0. The van der Waals surface area contributed by atoms with Crippen molar-refractivity contribution in [3.63, 3.8) is 0 Å². The third kappa shape index (κ3) is 2.92. The summed E-state index contributed by atoms with van der Waals surface area (Å²) in [5.41, 5.74) is 7.92. The number of carbonyl (C=O) groups is 1. The van der Waals surface area contributed by atoms with Gasteiger partial charge in [0.15, 0.2) is 6.10 Å². The van der Waals surface area contributed by atoms with Crippen molar-refractivity contribution in [1.82, 2.24) is 0 Å². The van der Waals surface area contributed by atoms with Crippen molar-refractivity contribution in [3.8, 4) is 5.75 Å². The van der Waals surface area contributed by atoms with E-state index in [1.165, 1.54) is 0 Å². The summed E-state index contributed by atoms with van der Waals surface area (Å²) in [6.07, 6.45) is 2.50. The fourth-order valence-corrected chi connectivity index (χ4v) is 2.46. The minimum Gasteiger partial charge on any atom is -0.481 e. The molecular formula is C16H18N2O3. The molecule has 1 aliphatic rings. The van der Waals surface area contributed by atoms with E-state index in [1.54, 1.807) is 6.26 Å². The minimum atomic E-state index is -0.337. The van der Waals surface area contributed by atoms with Gasteiger partial charge >= 0.3 is 0 Å². The Hall–Kier alpha value is -2.27. The smallest absolute Gasteiger partial charge is 0.224 e. The van der Waals surface area contributed by atoms with Crippen LogP contribution in [0.4, 0.5) is 5.69 Å². The summed E-state index contributed by atoms with van der Waals surface area (Å²) in [4.78, 5) is 11.4. The van der Waals surface area contributed by atoms with Crippen molar-refractivity contribution in [2.24, 2.45) is 5.73 Å². The van der Waals surface area contributed by atoms with Gasteiger partial charge in [0.1, 0.15) is 11.5 Å². The molecule has 2 unspecified atom stereocenters. The maximum absolute atomic E-state index is 11.4. The molecule has 0 aliphatic carbocycles. The Balaban J connectivity index is 1.82. The van der Waals surface area contributed by atoms with Crippen molar-refractivity contribution in [2.75, 3.05) is 5.32 Å². The van der Waals surface area contributed by atoms with Crippen LogP contribution in [0, 0.1) is 0 Å². The number of benzene rings is 1. The second kappa shape index (κ2) is 5.61. The van der Waals surface area contributed by atoms with Crippen LogP contribution in [-0.4, -0.2) is 11.9 Å². The predicted octanol–water partition coefficient (Wildman–Crippen LogP) is 2.63. The summed E-state index contributed by atoms with van der Waals surface area (Å²) < 4.78 is 11.4. The van der Waals surface area contributed by atoms with Crippen LogP contribution in [0.25, 0.3) is 0 Å². The molecule has 5 nitrogen and oxygen atoms in total. The molecule has 3 N–H and O–H groups in total. The van der Waals surface area contributed by atoms with Crippen LogP contribution in [0.2, 0.25) is 0 Å². The number of hydrogen-bond donors (Lipinski definition) is 2. The molecule has 1 aromatic heterocycles. The van der Waals surface area contributed by atoms with Gasteiger partial charge in [0, 0.05) is 18.2 Å². The van der Waals surface area contributed by atoms with E-state index in [0.717, 1.165) is 23.4 Å². The number of carbonyl (C=O) groups excluding carboxylic acids is 1. The van der Waals surface area contributed by atoms with Crippen LogP contribution in [0.3, 0.4) is 0 Å². The number of hydrogen-bond acceptors (Lipinski definition) is 4. The first-order valence-electron chi connectivity index (χ1n) is 7.02. The summed E-state index contributed by atoms with van der Waals surface area (Å²) in [6, 6.07) is 9.12. The van der Waals surface area contributed by atoms with Gasteiger partial charge < -0.3 is 20.2 Å². The van der Waals surface area contributed by atoms with E-state index >= 15 is 0 Å². The molecular weight excluding hydrogens is 268 g/mol. The molecule has 21 heavy (non-hydrogen) atoms. The Bertz CT molecular complexity index is 635. The van der Waals surface area contributed by atoms with Crippen LogP contribution < -0.4 is 15.8 Å². The average molecular weight is 286 g/mol. The number of rotatable bonds is 4. The lowest BCUT2D eigenvalue weighted by atomic mass is 10.0. The Morgan fingerprint density at radius 3 is 2.90 bits per heavy atom. The molecule has 0 saturated carbocycles. The number of ether oxygens (including phenoxy) is 1. The van der Waals surface area contributed by atoms with E-state index in [0.29, 0.717) is 12.2 Å². The van der Waals surface area contributed by atoms with Gasteiger partial charge in [0.05, 0.1) is 6.26 Å². The van der Waals surface area contributed by atoms with Crippen LogP contribution in [0.5, 0.6) is 5.75 Å². The maximum atomic E-state index is 11.4. The van der Waals surface area contributed by atoms with E-state index in [1.807, 2.05) is 37.3 Å². The van der Waals surface area contributed by atoms with Crippen molar-refractivity contribution in [1.29, 1.82) is 0 Å². The normalized spacial score (nSPS) is 16.8. The predicted molar refractivity (Wildman–Crippen MR) is 79.1 cm³/mol. The van der Waals surface area contributed by atoms with Crippen LogP contribution in [0.15, 0.2) is 41.0 Å². The maximum Gasteiger partial charge on any atom is 0.224 e. The van der Waals surface area contributed by atoms with Crippen molar-refractivity contribution in [2.45, 2.75) is 31.9 Å². The lowest BCUT2D eigenvalue weighted by Gasteiger charge is -2.22. The zero-order valence-corrected chi connectivity index (χ0v) is 11.8. The Kier molecular flexibility index (Phi) is 3.66. The SMILES string of the molecule is CC(N)C(Oc1ccc2c(c1)CCC(=O)N2)c1ccco1. The van der Waals surface area contributed by atoms with E-state index in [2.05, 4.69) is 5.32 Å². The largest absolute Gasteiger partial charge is 0.481 e. The molecule has 1 amide bonds. The van der Waals surface area contributed by atoms with E-state index in [9.17, 15) is 4.79 Å². The van der Waals surface area contributed by atoms with Crippen LogP contribution >= 0.6 is 0 Å². The van der Waals surface area contributed by atoms with Gasteiger partial charge in [-0.3, -0.25) is 4.79 Å². The third-order valence-corrected chi connectivity index (χ3v) is 3.54. The van der Waals surface area contributed by atoms with Crippen LogP contribution in [0.1, 0.15) is 30.8 Å². The summed E-state index contributed by atoms with van der Waals surface area (Å²) in [5, 5.41) is 2.85. The standard InChI is InChI=1S/C16H18N2O3/c1-10(17)16(14-3-2-8-20-14)21-12-5-6-13-11(9-12)4-7-15(19)18-13/h2-3,5-6,8-10,16H,4,7,17H2,1H3,(H,18,19). The molecule has 2 heterocycles. The zero-order chi connectivity index (χ0) is 14.8. The molecule has 0 saturated heterocycles. The van der Waals surface area contributed by atoms with Gasteiger partial charge in [0.25, 0.3) is 0 Å². The van der Waals surface area contributed by atoms with Crippen LogP contribution in [-0.2, 0) is 11.2 Å². The second-order valence-electron chi connectivity index (χ2n) is 5.28. The first kappa shape index (κ1) is 13.7. The van der Waals surface area contributed by atoms with Crippen molar-refractivity contribution in [3.05, 3.63) is 47.9 Å². The summed E-state index contributed by atoms with van der Waals surface area (Å²) in [6.45, 7) is 1.88. The number of amides is 1. The monoisotopic (exact) mass is 286 g/mol. The van der Waals surface area contributed by atoms with Crippen molar-refractivity contribution >= 4 is 11.6 Å². The number of aryl methyl sites for hydroxylation is 1. The molecule has 2 atom stereocenters. The number of fused-ring (bicyclic) bond motifs is 1. The van der Waals surface area contributed by atoms with E-state index in [4.69, 9.17) is 14.9 Å². The molecule has 0 radical (unpaired) electrons. The molecule has 110 valence electrons. The molecule has 5 heteroatoms. The average Bonchev–Trinajstić information content (AvgIpc) is 2.98. The fourth-order valence-electron chi connectivity index (χ4n) is 2.46. The fraction of sp³-hybridized carbons (Fsp3) is 0.312.